The van der Waals surface area contributed by atoms with Gasteiger partial charge in [0.05, 0.1) is 18.0 Å². The van der Waals surface area contributed by atoms with Gasteiger partial charge in [0.1, 0.15) is 6.04 Å². The number of primary amides is 2. The molecule has 0 spiro atoms. The number of aromatic nitrogens is 4. The van der Waals surface area contributed by atoms with Gasteiger partial charge >= 0.3 is 0 Å². The lowest BCUT2D eigenvalue weighted by molar-refractivity contribution is -0.131. The number of allylic oxidation sites excluding steroid dienone is 2. The highest BCUT2D eigenvalue weighted by atomic mass is 16.2. The number of nitrogens with one attached hydrogen (secondary N) is 2. The summed E-state index contributed by atoms with van der Waals surface area (Å²) in [5, 5.41) is 28.8. The number of aryl methyl sites for hydroxylation is 1. The lowest BCUT2D eigenvalue weighted by Gasteiger charge is -2.44. The van der Waals surface area contributed by atoms with Gasteiger partial charge in [0.2, 0.25) is 17.7 Å². The Morgan fingerprint density at radius 1 is 1.23 bits per heavy atom. The molecular weight excluding hydrogens is 546 g/mol. The van der Waals surface area contributed by atoms with Crippen LogP contribution in [0.25, 0.3) is 0 Å². The molecule has 4 aliphatic rings. The number of piperidine rings is 1. The van der Waals surface area contributed by atoms with Crippen LogP contribution in [0.4, 0.5) is 0 Å². The highest BCUT2D eigenvalue weighted by Crippen LogP contribution is 2.52. The minimum absolute atomic E-state index is 0.0624. The molecule has 3 aliphatic carbocycles. The van der Waals surface area contributed by atoms with Crippen molar-refractivity contribution in [2.24, 2.45) is 35.1 Å². The number of carbonyl (C=O) groups is 3. The van der Waals surface area contributed by atoms with Gasteiger partial charge in [-0.2, -0.15) is 10.5 Å². The average molecular weight is 584 g/mol. The molecule has 1 aliphatic heterocycles. The first-order valence-electron chi connectivity index (χ1n) is 14.9. The van der Waals surface area contributed by atoms with Crippen LogP contribution < -0.4 is 16.8 Å². The standard InChI is InChI=1S/C31H37N9O3/c1-16(2)25(35-15-27(41)40-22(14-32)11-21-12-26(21)40)13-31(30-36-38-39-37-30)23-7-5-19(28(33)42)9-17(23)3-4-18-10-20(29(34)43)6-8-24(18)31/h5-10,16-17,21-23,25-26,35H,3-4,11-13,15H2,1-2H3,(H2,33,42)(H2,34,43)(H,36,37,38,39)/t17?,21-,22?,23?,25-,26+,31?/m1/s1. The lowest BCUT2D eigenvalue weighted by Crippen LogP contribution is -2.51. The number of nitrogens with zero attached hydrogens (tertiary/aromatic N) is 5. The van der Waals surface area contributed by atoms with E-state index in [-0.39, 0.29) is 48.3 Å². The number of tetrazole rings is 1. The van der Waals surface area contributed by atoms with Gasteiger partial charge in [-0.15, -0.1) is 10.2 Å². The smallest absolute Gasteiger partial charge is 0.248 e. The number of rotatable bonds is 9. The fraction of sp³-hybridized carbons (Fsp3) is 0.516. The molecule has 6 N–H and O–H groups in total. The van der Waals surface area contributed by atoms with Gasteiger partial charge < -0.3 is 21.7 Å². The zero-order valence-electron chi connectivity index (χ0n) is 24.4. The Morgan fingerprint density at radius 2 is 2.05 bits per heavy atom. The first kappa shape index (κ1) is 28.7. The van der Waals surface area contributed by atoms with Crippen LogP contribution in [0.3, 0.4) is 0 Å². The zero-order valence-corrected chi connectivity index (χ0v) is 24.4. The van der Waals surface area contributed by atoms with E-state index in [2.05, 4.69) is 45.9 Å². The third-order valence-electron chi connectivity index (χ3n) is 9.96. The van der Waals surface area contributed by atoms with Gasteiger partial charge in [-0.25, -0.2) is 0 Å². The summed E-state index contributed by atoms with van der Waals surface area (Å²) < 4.78 is 0. The van der Waals surface area contributed by atoms with Crippen LogP contribution in [-0.4, -0.2) is 67.9 Å². The molecular formula is C31H37N9O3. The fourth-order valence-corrected chi connectivity index (χ4v) is 7.68. The Labute approximate surface area is 249 Å². The van der Waals surface area contributed by atoms with Crippen molar-refractivity contribution in [1.82, 2.24) is 30.8 Å². The van der Waals surface area contributed by atoms with Crippen molar-refractivity contribution in [2.45, 2.75) is 69.5 Å². The van der Waals surface area contributed by atoms with Crippen LogP contribution in [0.2, 0.25) is 0 Å². The molecule has 2 aromatic rings. The fourth-order valence-electron chi connectivity index (χ4n) is 7.68. The quantitative estimate of drug-likeness (QED) is 0.338. The average Bonchev–Trinajstić information content (AvgIpc) is 3.37. The molecule has 3 amide bonds. The number of amides is 3. The second kappa shape index (κ2) is 11.0. The Kier molecular flexibility index (Phi) is 7.38. The molecule has 1 aromatic carbocycles. The highest BCUT2D eigenvalue weighted by molar-refractivity contribution is 5.95. The maximum Gasteiger partial charge on any atom is 0.248 e. The number of hydrogen-bond donors (Lipinski definition) is 4. The number of H-pyrrole nitrogens is 1. The van der Waals surface area contributed by atoms with E-state index in [9.17, 15) is 19.6 Å². The van der Waals surface area contributed by atoms with E-state index in [1.54, 1.807) is 17.0 Å². The SMILES string of the molecule is CC(C)[C@@H](CC1(c2nn[nH]n2)c2ccc(C(N)=O)cc2CCC2C=C(C(N)=O)C=CC21)NCC(=O)N1C(C#N)C[C@@H]2C[C@@H]21. The van der Waals surface area contributed by atoms with Crippen molar-refractivity contribution in [2.75, 3.05) is 6.54 Å². The summed E-state index contributed by atoms with van der Waals surface area (Å²) in [6.07, 6.45) is 9.29. The van der Waals surface area contributed by atoms with Crippen LogP contribution in [0, 0.1) is 35.0 Å². The van der Waals surface area contributed by atoms with E-state index in [1.807, 2.05) is 24.3 Å². The first-order chi connectivity index (χ1) is 20.6. The number of nitrogens with two attached hydrogens (primary N) is 2. The molecule has 2 fully saturated rings. The van der Waals surface area contributed by atoms with Gasteiger partial charge in [0, 0.05) is 29.1 Å². The monoisotopic (exact) mass is 583 g/mol. The minimum Gasteiger partial charge on any atom is -0.366 e. The summed E-state index contributed by atoms with van der Waals surface area (Å²) in [4.78, 5) is 39.6. The molecule has 0 bridgehead atoms. The van der Waals surface area contributed by atoms with Gasteiger partial charge in [-0.1, -0.05) is 43.4 Å². The second-order valence-electron chi connectivity index (χ2n) is 12.7. The highest BCUT2D eigenvalue weighted by Gasteiger charge is 2.55. The van der Waals surface area contributed by atoms with E-state index < -0.39 is 17.2 Å². The Hall–Kier alpha value is -4.37. The number of aromatic amines is 1. The molecule has 2 heterocycles. The van der Waals surface area contributed by atoms with Gasteiger partial charge in [0.25, 0.3) is 0 Å². The number of benzene rings is 1. The van der Waals surface area contributed by atoms with E-state index in [0.29, 0.717) is 42.1 Å². The zero-order chi connectivity index (χ0) is 30.5. The van der Waals surface area contributed by atoms with Crippen LogP contribution in [0.1, 0.15) is 66.8 Å². The largest absolute Gasteiger partial charge is 0.366 e. The molecule has 12 nitrogen and oxygen atoms in total. The van der Waals surface area contributed by atoms with Crippen LogP contribution in [0.15, 0.2) is 42.0 Å². The molecule has 1 saturated heterocycles. The minimum atomic E-state index is -0.842. The Balaban J connectivity index is 1.41. The van der Waals surface area contributed by atoms with Gasteiger partial charge in [-0.3, -0.25) is 14.4 Å². The Bertz CT molecular complexity index is 1540. The van der Waals surface area contributed by atoms with E-state index in [1.165, 1.54) is 0 Å². The maximum absolute atomic E-state index is 13.4. The summed E-state index contributed by atoms with van der Waals surface area (Å²) >= 11 is 0. The number of likely N-dealkylation sites (tertiary alicyclic amines) is 1. The van der Waals surface area contributed by atoms with Crippen molar-refractivity contribution in [3.05, 3.63) is 64.5 Å². The third-order valence-corrected chi connectivity index (χ3v) is 9.96. The third kappa shape index (κ3) is 5.01. The molecule has 7 atom stereocenters. The summed E-state index contributed by atoms with van der Waals surface area (Å²) in [5.74, 6) is -0.296. The van der Waals surface area contributed by atoms with Gasteiger partial charge in [-0.05, 0) is 73.1 Å². The summed E-state index contributed by atoms with van der Waals surface area (Å²) in [6, 6.07) is 7.45. The predicted octanol–water partition coefficient (Wildman–Crippen LogP) is 1.26. The number of carbonyl (C=O) groups excluding carboxylic acids is 3. The van der Waals surface area contributed by atoms with Crippen molar-refractivity contribution in [3.8, 4) is 6.07 Å². The van der Waals surface area contributed by atoms with Crippen molar-refractivity contribution >= 4 is 17.7 Å². The summed E-state index contributed by atoms with van der Waals surface area (Å²) in [7, 11) is 0. The van der Waals surface area contributed by atoms with Crippen molar-refractivity contribution in [1.29, 1.82) is 5.26 Å². The van der Waals surface area contributed by atoms with Crippen LogP contribution in [-0.2, 0) is 21.4 Å². The topological polar surface area (TPSA) is 197 Å². The molecule has 224 valence electrons. The number of hydrogen-bond acceptors (Lipinski definition) is 8. The molecule has 0 radical (unpaired) electrons. The molecule has 4 unspecified atom stereocenters. The van der Waals surface area contributed by atoms with Crippen LogP contribution in [0.5, 0.6) is 0 Å². The van der Waals surface area contributed by atoms with E-state index in [4.69, 9.17) is 11.5 Å². The molecule has 43 heavy (non-hydrogen) atoms. The van der Waals surface area contributed by atoms with Crippen LogP contribution >= 0.6 is 0 Å². The molecule has 12 heteroatoms. The van der Waals surface area contributed by atoms with Crippen molar-refractivity contribution < 1.29 is 14.4 Å². The first-order valence-corrected chi connectivity index (χ1v) is 14.9. The van der Waals surface area contributed by atoms with Crippen molar-refractivity contribution in [3.63, 3.8) is 0 Å². The van der Waals surface area contributed by atoms with Gasteiger partial charge in [0.15, 0.2) is 5.82 Å². The number of nitriles is 1. The number of fused-ring (bicyclic) bond motifs is 3. The van der Waals surface area contributed by atoms with E-state index in [0.717, 1.165) is 24.0 Å². The molecule has 1 saturated carbocycles. The normalized spacial score (nSPS) is 29.5. The molecule has 6 rings (SSSR count). The second-order valence-corrected chi connectivity index (χ2v) is 12.7. The lowest BCUT2D eigenvalue weighted by atomic mass is 9.60. The summed E-state index contributed by atoms with van der Waals surface area (Å²) in [5.41, 5.74) is 13.3. The summed E-state index contributed by atoms with van der Waals surface area (Å²) in [6.45, 7) is 4.31. The predicted molar refractivity (Wildman–Crippen MR) is 156 cm³/mol. The van der Waals surface area contributed by atoms with E-state index >= 15 is 0 Å². The molecule has 1 aromatic heterocycles. The maximum atomic E-state index is 13.4. The Morgan fingerprint density at radius 3 is 2.72 bits per heavy atom.